The summed E-state index contributed by atoms with van der Waals surface area (Å²) in [6, 6.07) is 20.0. The fourth-order valence-electron chi connectivity index (χ4n) is 6.44. The minimum absolute atomic E-state index is 0.106. The van der Waals surface area contributed by atoms with Crippen molar-refractivity contribution in [3.63, 3.8) is 0 Å². The lowest BCUT2D eigenvalue weighted by molar-refractivity contribution is 0.187. The number of hydrogen-bond donors (Lipinski definition) is 2. The number of hydrogen-bond acceptors (Lipinski definition) is 6. The SMILES string of the molecule is N[C@@H]1c2cc3ccccc3cc2CC12CCN(c1cnc(Sc3cccc4c3NCCC4)cn1)CC2. The van der Waals surface area contributed by atoms with Crippen molar-refractivity contribution < 1.29 is 0 Å². The third-order valence-electron chi connectivity index (χ3n) is 8.49. The molecule has 0 unspecified atom stereocenters. The Bertz CT molecular complexity index is 1430. The van der Waals surface area contributed by atoms with Crippen LogP contribution in [-0.2, 0) is 12.8 Å². The second-order valence-electron chi connectivity index (χ2n) is 10.5. The number of nitrogens with one attached hydrogen (secondary N) is 1. The van der Waals surface area contributed by atoms with E-state index in [4.69, 9.17) is 15.7 Å². The van der Waals surface area contributed by atoms with Crippen molar-refractivity contribution in [2.24, 2.45) is 11.1 Å². The minimum atomic E-state index is 0.106. The van der Waals surface area contributed by atoms with Gasteiger partial charge in [0.2, 0.25) is 0 Å². The average Bonchev–Trinajstić information content (AvgIpc) is 3.18. The fraction of sp³-hybridized carbons (Fsp3) is 0.333. The zero-order valence-corrected chi connectivity index (χ0v) is 21.2. The zero-order valence-electron chi connectivity index (χ0n) is 20.4. The van der Waals surface area contributed by atoms with Crippen LogP contribution in [0.15, 0.2) is 76.9 Å². The Kier molecular flexibility index (Phi) is 5.40. The van der Waals surface area contributed by atoms with Crippen molar-refractivity contribution >= 4 is 34.0 Å². The molecule has 0 radical (unpaired) electrons. The van der Waals surface area contributed by atoms with Crippen LogP contribution in [0.25, 0.3) is 10.8 Å². The van der Waals surface area contributed by atoms with E-state index in [2.05, 4.69) is 64.8 Å². The Labute approximate surface area is 216 Å². The number of nitrogens with zero attached hydrogens (tertiary/aromatic N) is 3. The molecule has 5 nitrogen and oxygen atoms in total. The summed E-state index contributed by atoms with van der Waals surface area (Å²) in [6.07, 6.45) is 9.45. The normalized spacial score (nSPS) is 20.2. The van der Waals surface area contributed by atoms with Crippen molar-refractivity contribution in [1.29, 1.82) is 0 Å². The number of anilines is 2. The third kappa shape index (κ3) is 3.75. The lowest BCUT2D eigenvalue weighted by Gasteiger charge is -2.42. The molecule has 1 fully saturated rings. The zero-order chi connectivity index (χ0) is 24.1. The maximum absolute atomic E-state index is 6.92. The minimum Gasteiger partial charge on any atom is -0.384 e. The lowest BCUT2D eigenvalue weighted by atomic mass is 9.73. The van der Waals surface area contributed by atoms with Crippen LogP contribution in [0.2, 0.25) is 0 Å². The molecule has 36 heavy (non-hydrogen) atoms. The van der Waals surface area contributed by atoms with Gasteiger partial charge in [-0.05, 0) is 77.1 Å². The van der Waals surface area contributed by atoms with Crippen LogP contribution in [0.3, 0.4) is 0 Å². The largest absolute Gasteiger partial charge is 0.384 e. The molecule has 182 valence electrons. The molecule has 0 amide bonds. The molecule has 7 rings (SSSR count). The van der Waals surface area contributed by atoms with Crippen LogP contribution in [0.5, 0.6) is 0 Å². The summed E-state index contributed by atoms with van der Waals surface area (Å²) in [5, 5.41) is 7.12. The molecule has 1 aliphatic carbocycles. The molecule has 0 saturated carbocycles. The molecule has 1 atom stereocenters. The summed E-state index contributed by atoms with van der Waals surface area (Å²) in [4.78, 5) is 13.2. The Balaban J connectivity index is 1.04. The van der Waals surface area contributed by atoms with Crippen molar-refractivity contribution in [1.82, 2.24) is 9.97 Å². The van der Waals surface area contributed by atoms with Crippen molar-refractivity contribution in [3.05, 3.63) is 83.7 Å². The highest BCUT2D eigenvalue weighted by Gasteiger charge is 2.46. The number of para-hydroxylation sites is 1. The van der Waals surface area contributed by atoms with E-state index < -0.39 is 0 Å². The van der Waals surface area contributed by atoms with E-state index >= 15 is 0 Å². The number of fused-ring (bicyclic) bond motifs is 3. The summed E-state index contributed by atoms with van der Waals surface area (Å²) in [6.45, 7) is 2.98. The predicted octanol–water partition coefficient (Wildman–Crippen LogP) is 5.98. The molecule has 6 heteroatoms. The van der Waals surface area contributed by atoms with Gasteiger partial charge < -0.3 is 16.0 Å². The van der Waals surface area contributed by atoms with Crippen LogP contribution in [0.4, 0.5) is 11.5 Å². The van der Waals surface area contributed by atoms with Crippen molar-refractivity contribution in [3.8, 4) is 0 Å². The van der Waals surface area contributed by atoms with Gasteiger partial charge in [0, 0.05) is 30.6 Å². The monoisotopic (exact) mass is 493 g/mol. The number of nitrogens with two attached hydrogens (primary N) is 1. The van der Waals surface area contributed by atoms with Crippen molar-refractivity contribution in [2.75, 3.05) is 29.9 Å². The van der Waals surface area contributed by atoms with Gasteiger partial charge in [0.1, 0.15) is 10.8 Å². The van der Waals surface area contributed by atoms with E-state index in [-0.39, 0.29) is 11.5 Å². The smallest absolute Gasteiger partial charge is 0.147 e. The highest BCUT2D eigenvalue weighted by Crippen LogP contribution is 2.51. The number of aromatic nitrogens is 2. The first kappa shape index (κ1) is 22.1. The Morgan fingerprint density at radius 2 is 1.78 bits per heavy atom. The maximum Gasteiger partial charge on any atom is 0.147 e. The molecule has 4 aromatic rings. The highest BCUT2D eigenvalue weighted by atomic mass is 32.2. The summed E-state index contributed by atoms with van der Waals surface area (Å²) < 4.78 is 0. The van der Waals surface area contributed by atoms with E-state index in [0.29, 0.717) is 0 Å². The van der Waals surface area contributed by atoms with E-state index in [1.807, 2.05) is 12.4 Å². The molecule has 1 saturated heterocycles. The van der Waals surface area contributed by atoms with Crippen LogP contribution < -0.4 is 16.0 Å². The lowest BCUT2D eigenvalue weighted by Crippen LogP contribution is -2.44. The number of piperidine rings is 1. The number of aryl methyl sites for hydroxylation is 1. The topological polar surface area (TPSA) is 67.1 Å². The molecule has 3 heterocycles. The molecule has 3 N–H and O–H groups in total. The van der Waals surface area contributed by atoms with E-state index in [1.54, 1.807) is 11.8 Å². The van der Waals surface area contributed by atoms with Crippen LogP contribution in [0, 0.1) is 5.41 Å². The van der Waals surface area contributed by atoms with Crippen LogP contribution >= 0.6 is 11.8 Å². The Morgan fingerprint density at radius 1 is 0.944 bits per heavy atom. The summed E-state index contributed by atoms with van der Waals surface area (Å²) in [5.74, 6) is 0.970. The molecule has 1 spiro atoms. The van der Waals surface area contributed by atoms with Crippen molar-refractivity contribution in [2.45, 2.75) is 48.1 Å². The average molecular weight is 494 g/mol. The molecular weight excluding hydrogens is 462 g/mol. The third-order valence-corrected chi connectivity index (χ3v) is 9.47. The van der Waals surface area contributed by atoms with Crippen LogP contribution in [-0.4, -0.2) is 29.6 Å². The molecular formula is C30H31N5S. The first-order chi connectivity index (χ1) is 17.7. The van der Waals surface area contributed by atoms with Gasteiger partial charge in [-0.3, -0.25) is 0 Å². The summed E-state index contributed by atoms with van der Waals surface area (Å²) in [7, 11) is 0. The molecule has 2 aliphatic heterocycles. The van der Waals surface area contributed by atoms with Crippen LogP contribution in [0.1, 0.15) is 42.0 Å². The highest BCUT2D eigenvalue weighted by molar-refractivity contribution is 7.99. The first-order valence-corrected chi connectivity index (χ1v) is 13.9. The molecule has 3 aliphatic rings. The van der Waals surface area contributed by atoms with E-state index in [9.17, 15) is 0 Å². The Hall–Kier alpha value is -3.09. The van der Waals surface area contributed by atoms with Gasteiger partial charge in [-0.25, -0.2) is 9.97 Å². The van der Waals surface area contributed by atoms with Gasteiger partial charge in [-0.2, -0.15) is 0 Å². The molecule has 1 aromatic heterocycles. The standard InChI is InChI=1S/C30H31N5S/c31-29-24-16-22-6-2-1-5-21(22)15-23(24)17-30(29)10-13-35(14-11-30)26-18-34-27(19-33-26)36-25-9-3-7-20-8-4-12-32-28(20)25/h1-3,5-7,9,15-16,18-19,29,32H,4,8,10-14,17,31H2/t29-/m1/s1. The Morgan fingerprint density at radius 3 is 2.58 bits per heavy atom. The van der Waals surface area contributed by atoms with E-state index in [0.717, 1.165) is 56.2 Å². The molecule has 3 aromatic carbocycles. The summed E-state index contributed by atoms with van der Waals surface area (Å²) in [5.41, 5.74) is 12.5. The number of rotatable bonds is 3. The van der Waals surface area contributed by atoms with Gasteiger partial charge >= 0.3 is 0 Å². The quantitative estimate of drug-likeness (QED) is 0.366. The molecule has 0 bridgehead atoms. The first-order valence-electron chi connectivity index (χ1n) is 13.1. The summed E-state index contributed by atoms with van der Waals surface area (Å²) >= 11 is 1.70. The van der Waals surface area contributed by atoms with Gasteiger partial charge in [-0.1, -0.05) is 54.2 Å². The second kappa shape index (κ2) is 8.79. The fourth-order valence-corrected chi connectivity index (χ4v) is 7.32. The van der Waals surface area contributed by atoms with E-state index in [1.165, 1.54) is 44.5 Å². The van der Waals surface area contributed by atoms with Gasteiger partial charge in [0.15, 0.2) is 0 Å². The van der Waals surface area contributed by atoms with Gasteiger partial charge in [0.05, 0.1) is 18.1 Å². The second-order valence-corrected chi connectivity index (χ2v) is 11.6. The maximum atomic E-state index is 6.92. The van der Waals surface area contributed by atoms with Gasteiger partial charge in [0.25, 0.3) is 0 Å². The number of benzene rings is 3. The predicted molar refractivity (Wildman–Crippen MR) is 148 cm³/mol. The van der Waals surface area contributed by atoms with Gasteiger partial charge in [-0.15, -0.1) is 0 Å².